The number of carbonyl (C=O) groups excluding carboxylic acids is 2. The molecule has 0 aromatic heterocycles. The molecule has 4 aromatic rings. The Morgan fingerprint density at radius 1 is 0.587 bits per heavy atom. The average Bonchev–Trinajstić information content (AvgIpc) is 3.05. The number of alkyl carbamates (subject to hydrolysis) is 2. The molecule has 0 bridgehead atoms. The summed E-state index contributed by atoms with van der Waals surface area (Å²) in [6, 6.07) is 25.9. The topological polar surface area (TPSA) is 181 Å². The number of ether oxygens (including phenoxy) is 3. The van der Waals surface area contributed by atoms with Crippen LogP contribution < -0.4 is 15.4 Å². The Morgan fingerprint density at radius 3 is 1.52 bits per heavy atom. The predicted octanol–water partition coefficient (Wildman–Crippen LogP) is 5.03. The molecule has 0 heterocycles. The molecular formula is C34H32N2O10. The second kappa shape index (κ2) is 16.1. The summed E-state index contributed by atoms with van der Waals surface area (Å²) >= 11 is 0. The molecule has 46 heavy (non-hydrogen) atoms. The minimum absolute atomic E-state index is 0.00609. The molecule has 0 aliphatic carbocycles. The maximum atomic E-state index is 12.2. The third-order valence-electron chi connectivity index (χ3n) is 6.66. The molecule has 0 saturated heterocycles. The lowest BCUT2D eigenvalue weighted by atomic mass is 10.1. The van der Waals surface area contributed by atoms with Gasteiger partial charge in [-0.15, -0.1) is 0 Å². The van der Waals surface area contributed by atoms with Gasteiger partial charge in [0.1, 0.15) is 31.0 Å². The van der Waals surface area contributed by atoms with E-state index in [2.05, 4.69) is 10.6 Å². The van der Waals surface area contributed by atoms with Crippen molar-refractivity contribution >= 4 is 24.1 Å². The summed E-state index contributed by atoms with van der Waals surface area (Å²) in [7, 11) is 0. The van der Waals surface area contributed by atoms with Crippen LogP contribution in [-0.2, 0) is 45.1 Å². The van der Waals surface area contributed by atoms with Gasteiger partial charge in [0.15, 0.2) is 11.5 Å². The van der Waals surface area contributed by atoms with Crippen molar-refractivity contribution in [2.24, 2.45) is 0 Å². The molecule has 0 saturated carbocycles. The molecule has 0 fully saturated rings. The number of phenolic OH excluding ortho intramolecular Hbond substituents is 1. The van der Waals surface area contributed by atoms with Crippen molar-refractivity contribution in [1.29, 1.82) is 0 Å². The van der Waals surface area contributed by atoms with Crippen LogP contribution in [0.25, 0.3) is 0 Å². The van der Waals surface area contributed by atoms with Gasteiger partial charge < -0.3 is 40.2 Å². The van der Waals surface area contributed by atoms with Crippen molar-refractivity contribution in [3.63, 3.8) is 0 Å². The minimum Gasteiger partial charge on any atom is -0.504 e. The smallest absolute Gasteiger partial charge is 0.408 e. The maximum Gasteiger partial charge on any atom is 0.408 e. The lowest BCUT2D eigenvalue weighted by molar-refractivity contribution is -0.140. The van der Waals surface area contributed by atoms with Gasteiger partial charge in [-0.1, -0.05) is 78.9 Å². The number of carboxylic acid groups (broad SMARTS) is 2. The van der Waals surface area contributed by atoms with Gasteiger partial charge in [0, 0.05) is 12.8 Å². The highest BCUT2D eigenvalue weighted by Crippen LogP contribution is 2.32. The van der Waals surface area contributed by atoms with E-state index in [4.69, 9.17) is 14.2 Å². The zero-order chi connectivity index (χ0) is 32.9. The molecule has 238 valence electrons. The predicted molar refractivity (Wildman–Crippen MR) is 164 cm³/mol. The molecule has 2 atom stereocenters. The molecule has 12 nitrogen and oxygen atoms in total. The monoisotopic (exact) mass is 628 g/mol. The van der Waals surface area contributed by atoms with E-state index >= 15 is 0 Å². The summed E-state index contributed by atoms with van der Waals surface area (Å²) < 4.78 is 16.0. The van der Waals surface area contributed by atoms with Crippen molar-refractivity contribution in [2.75, 3.05) is 0 Å². The number of rotatable bonds is 14. The van der Waals surface area contributed by atoms with E-state index in [1.54, 1.807) is 72.8 Å². The van der Waals surface area contributed by atoms with E-state index in [0.717, 1.165) is 11.1 Å². The van der Waals surface area contributed by atoms with Crippen molar-refractivity contribution < 1.29 is 48.7 Å². The van der Waals surface area contributed by atoms with E-state index < -0.39 is 36.2 Å². The molecule has 0 aliphatic rings. The third-order valence-corrected chi connectivity index (χ3v) is 6.66. The molecule has 4 rings (SSSR count). The third kappa shape index (κ3) is 10.3. The van der Waals surface area contributed by atoms with Crippen molar-refractivity contribution in [3.8, 4) is 17.2 Å². The van der Waals surface area contributed by atoms with E-state index in [1.807, 2.05) is 12.1 Å². The Bertz CT molecular complexity index is 1630. The second-order valence-electron chi connectivity index (χ2n) is 10.2. The van der Waals surface area contributed by atoms with Crippen LogP contribution in [0.4, 0.5) is 9.59 Å². The first-order valence-electron chi connectivity index (χ1n) is 14.1. The number of nitrogens with one attached hydrogen (secondary N) is 2. The molecule has 0 spiro atoms. The normalized spacial score (nSPS) is 11.8. The first-order chi connectivity index (χ1) is 22.2. The Kier molecular flexibility index (Phi) is 11.5. The Morgan fingerprint density at radius 2 is 1.04 bits per heavy atom. The largest absolute Gasteiger partial charge is 0.504 e. The molecule has 2 unspecified atom stereocenters. The summed E-state index contributed by atoms with van der Waals surface area (Å²) in [5.74, 6) is -2.39. The molecule has 12 heteroatoms. The molecule has 4 aromatic carbocycles. The molecule has 2 amide bonds. The second-order valence-corrected chi connectivity index (χ2v) is 10.2. The van der Waals surface area contributed by atoms with E-state index in [0.29, 0.717) is 16.9 Å². The van der Waals surface area contributed by atoms with Gasteiger partial charge in [-0.2, -0.15) is 0 Å². The Labute approximate surface area is 264 Å². The fourth-order valence-electron chi connectivity index (χ4n) is 4.27. The highest BCUT2D eigenvalue weighted by molar-refractivity contribution is 5.81. The number of amides is 2. The van der Waals surface area contributed by atoms with E-state index in [9.17, 15) is 34.5 Å². The minimum atomic E-state index is -1.31. The van der Waals surface area contributed by atoms with Crippen LogP contribution in [0.3, 0.4) is 0 Å². The highest BCUT2D eigenvalue weighted by Gasteiger charge is 2.23. The molecular weight excluding hydrogens is 596 g/mol. The summed E-state index contributed by atoms with van der Waals surface area (Å²) in [4.78, 5) is 48.0. The van der Waals surface area contributed by atoms with Crippen molar-refractivity contribution in [3.05, 3.63) is 125 Å². The number of phenols is 1. The molecule has 5 N–H and O–H groups in total. The van der Waals surface area contributed by atoms with Crippen LogP contribution in [0.1, 0.15) is 22.3 Å². The molecule has 0 aliphatic heterocycles. The number of hydrogen-bond acceptors (Lipinski definition) is 8. The van der Waals surface area contributed by atoms with Gasteiger partial charge in [-0.05, 0) is 46.5 Å². The van der Waals surface area contributed by atoms with E-state index in [-0.39, 0.29) is 37.6 Å². The van der Waals surface area contributed by atoms with Crippen molar-refractivity contribution in [1.82, 2.24) is 10.6 Å². The Balaban J connectivity index is 1.32. The van der Waals surface area contributed by atoms with Crippen LogP contribution >= 0.6 is 0 Å². The van der Waals surface area contributed by atoms with Gasteiger partial charge in [0.25, 0.3) is 0 Å². The Hall–Kier alpha value is -6.04. The fraction of sp³-hybridized carbons (Fsp3) is 0.176. The van der Waals surface area contributed by atoms with Crippen LogP contribution in [-0.4, -0.2) is 51.5 Å². The number of aliphatic carboxylic acids is 2. The van der Waals surface area contributed by atoms with Gasteiger partial charge in [0.05, 0.1) is 0 Å². The zero-order valence-corrected chi connectivity index (χ0v) is 24.5. The van der Waals surface area contributed by atoms with Crippen LogP contribution in [0.5, 0.6) is 17.2 Å². The first-order valence-corrected chi connectivity index (χ1v) is 14.1. The summed E-state index contributed by atoms with van der Waals surface area (Å²) in [6.07, 6.45) is -1.91. The summed E-state index contributed by atoms with van der Waals surface area (Å²) in [6.45, 7) is -0.0301. The fourth-order valence-corrected chi connectivity index (χ4v) is 4.27. The number of carboxylic acids is 2. The number of hydrogen-bond donors (Lipinski definition) is 5. The lowest BCUT2D eigenvalue weighted by Gasteiger charge is -2.16. The number of aromatic hydroxyl groups is 1. The van der Waals surface area contributed by atoms with Crippen LogP contribution in [0, 0.1) is 0 Å². The zero-order valence-electron chi connectivity index (χ0n) is 24.5. The average molecular weight is 629 g/mol. The van der Waals surface area contributed by atoms with Crippen molar-refractivity contribution in [2.45, 2.75) is 38.1 Å². The standard InChI is InChI=1S/C34H32N2O10/c37-29-16-13-25(18-28(32(40)41)36-34(43)45-21-24-9-5-2-6-10-24)19-30(29)46-26-14-11-22(12-15-26)17-27(31(38)39)35-33(42)44-20-23-7-3-1-4-8-23/h1-16,19,27-28,37H,17-18,20-21H2,(H,35,42)(H,36,43)(H,38,39)(H,40,41). The molecule has 0 radical (unpaired) electrons. The number of carbonyl (C=O) groups is 4. The van der Waals surface area contributed by atoms with Gasteiger partial charge in [-0.25, -0.2) is 19.2 Å². The summed E-state index contributed by atoms with van der Waals surface area (Å²) in [5.41, 5.74) is 2.54. The van der Waals surface area contributed by atoms with Gasteiger partial charge >= 0.3 is 24.1 Å². The number of benzene rings is 4. The van der Waals surface area contributed by atoms with Gasteiger partial charge in [0.2, 0.25) is 0 Å². The van der Waals surface area contributed by atoms with Crippen LogP contribution in [0.2, 0.25) is 0 Å². The lowest BCUT2D eigenvalue weighted by Crippen LogP contribution is -2.42. The quantitative estimate of drug-likeness (QED) is 0.127. The first kappa shape index (κ1) is 32.9. The summed E-state index contributed by atoms with van der Waals surface area (Å²) in [5, 5.41) is 34.3. The van der Waals surface area contributed by atoms with Gasteiger partial charge in [-0.3, -0.25) is 0 Å². The SMILES string of the molecule is O=C(NC(Cc1ccc(Oc2cc(CC(NC(=O)OCc3ccccc3)C(=O)O)ccc2O)cc1)C(=O)O)OCc1ccccc1. The van der Waals surface area contributed by atoms with E-state index in [1.165, 1.54) is 18.2 Å². The van der Waals surface area contributed by atoms with Crippen LogP contribution in [0.15, 0.2) is 103 Å². The maximum absolute atomic E-state index is 12.2. The highest BCUT2D eigenvalue weighted by atomic mass is 16.6.